The first kappa shape index (κ1) is 17.3. The first-order chi connectivity index (χ1) is 12.6. The monoisotopic (exact) mass is 384 g/mol. The highest BCUT2D eigenvalue weighted by Crippen LogP contribution is 2.29. The number of halogens is 1. The highest BCUT2D eigenvalue weighted by molar-refractivity contribution is 8.00. The van der Waals surface area contributed by atoms with E-state index in [4.69, 9.17) is 16.0 Å². The molecule has 0 spiro atoms. The van der Waals surface area contributed by atoms with Gasteiger partial charge in [-0.3, -0.25) is 4.79 Å². The van der Waals surface area contributed by atoms with Crippen LogP contribution < -0.4 is 0 Å². The third kappa shape index (κ3) is 3.55. The lowest BCUT2D eigenvalue weighted by Crippen LogP contribution is -2.13. The third-order valence-electron chi connectivity index (χ3n) is 4.53. The van der Waals surface area contributed by atoms with Crippen molar-refractivity contribution in [2.24, 2.45) is 0 Å². The van der Waals surface area contributed by atoms with Gasteiger partial charge in [-0.05, 0) is 67.6 Å². The van der Waals surface area contributed by atoms with E-state index in [1.165, 1.54) is 29.3 Å². The molecular weight excluding hydrogens is 368 g/mol. The Hall–Kier alpha value is -2.11. The van der Waals surface area contributed by atoms with Crippen molar-refractivity contribution < 1.29 is 9.21 Å². The van der Waals surface area contributed by atoms with Crippen molar-refractivity contribution in [3.63, 3.8) is 0 Å². The number of hydrogen-bond acceptors (Lipinski definition) is 5. The molecule has 0 unspecified atom stereocenters. The summed E-state index contributed by atoms with van der Waals surface area (Å²) in [5, 5.41) is 8.84. The maximum absolute atomic E-state index is 12.7. The van der Waals surface area contributed by atoms with E-state index in [1.54, 1.807) is 12.1 Å². The van der Waals surface area contributed by atoms with Crippen molar-refractivity contribution in [2.45, 2.75) is 36.7 Å². The van der Waals surface area contributed by atoms with Crippen LogP contribution in [0.5, 0.6) is 0 Å². The lowest BCUT2D eigenvalue weighted by Gasteiger charge is -2.09. The quantitative estimate of drug-likeness (QED) is 0.444. The van der Waals surface area contributed by atoms with E-state index in [-0.39, 0.29) is 11.0 Å². The number of nitrogens with zero attached hydrogens (tertiary/aromatic N) is 2. The lowest BCUT2D eigenvalue weighted by molar-refractivity contribution is 0.0993. The topological polar surface area (TPSA) is 56.0 Å². The van der Waals surface area contributed by atoms with Gasteiger partial charge in [0.2, 0.25) is 5.89 Å². The molecule has 4 nitrogen and oxygen atoms in total. The molecule has 132 valence electrons. The average molecular weight is 385 g/mol. The second-order valence-electron chi connectivity index (χ2n) is 6.34. The number of carbonyl (C=O) groups excluding carboxylic acids is 1. The average Bonchev–Trinajstić information content (AvgIpc) is 3.30. The summed E-state index contributed by atoms with van der Waals surface area (Å²) in [6, 6.07) is 13.2. The van der Waals surface area contributed by atoms with Gasteiger partial charge in [0.05, 0.1) is 5.25 Å². The fourth-order valence-electron chi connectivity index (χ4n) is 3.13. The number of fused-ring (bicyclic) bond motifs is 1. The van der Waals surface area contributed by atoms with Gasteiger partial charge < -0.3 is 4.42 Å². The van der Waals surface area contributed by atoms with Crippen LogP contribution in [0.15, 0.2) is 52.1 Å². The number of ketones is 1. The van der Waals surface area contributed by atoms with E-state index in [2.05, 4.69) is 16.3 Å². The Morgan fingerprint density at radius 1 is 1.12 bits per heavy atom. The number of benzene rings is 2. The van der Waals surface area contributed by atoms with E-state index in [9.17, 15) is 4.79 Å². The standard InChI is InChI=1S/C20H17ClN2O2S/c1-12(18(24)16-6-5-13-3-2-4-15(13)11-16)26-20-23-22-19(25-20)14-7-9-17(21)10-8-14/h5-12H,2-4H2,1H3/t12-/m1/s1. The van der Waals surface area contributed by atoms with Crippen molar-refractivity contribution in [1.82, 2.24) is 10.2 Å². The van der Waals surface area contributed by atoms with Crippen LogP contribution >= 0.6 is 23.4 Å². The molecule has 6 heteroatoms. The largest absolute Gasteiger partial charge is 0.411 e. The first-order valence-electron chi connectivity index (χ1n) is 8.52. The molecule has 1 aliphatic carbocycles. The highest BCUT2D eigenvalue weighted by atomic mass is 35.5. The maximum Gasteiger partial charge on any atom is 0.277 e. The van der Waals surface area contributed by atoms with Gasteiger partial charge in [-0.15, -0.1) is 10.2 Å². The van der Waals surface area contributed by atoms with Crippen LogP contribution in [-0.4, -0.2) is 21.2 Å². The predicted molar refractivity (Wildman–Crippen MR) is 103 cm³/mol. The summed E-state index contributed by atoms with van der Waals surface area (Å²) < 4.78 is 5.69. The van der Waals surface area contributed by atoms with Gasteiger partial charge in [-0.2, -0.15) is 0 Å². The lowest BCUT2D eigenvalue weighted by atomic mass is 10.0. The number of aromatic nitrogens is 2. The van der Waals surface area contributed by atoms with Gasteiger partial charge in [-0.1, -0.05) is 35.5 Å². The normalized spacial score (nSPS) is 14.2. The number of Topliss-reactive ketones (excluding diaryl/α,β-unsaturated/α-hetero) is 1. The summed E-state index contributed by atoms with van der Waals surface area (Å²) in [6.45, 7) is 1.87. The molecule has 1 heterocycles. The smallest absolute Gasteiger partial charge is 0.277 e. The molecular formula is C20H17ClN2O2S. The van der Waals surface area contributed by atoms with Crippen LogP contribution in [0.4, 0.5) is 0 Å². The van der Waals surface area contributed by atoms with Crippen LogP contribution in [0.25, 0.3) is 11.5 Å². The van der Waals surface area contributed by atoms with Gasteiger partial charge in [-0.25, -0.2) is 0 Å². The van der Waals surface area contributed by atoms with Gasteiger partial charge in [0.25, 0.3) is 5.22 Å². The van der Waals surface area contributed by atoms with Gasteiger partial charge >= 0.3 is 0 Å². The summed E-state index contributed by atoms with van der Waals surface area (Å²) in [5.74, 6) is 0.497. The van der Waals surface area contributed by atoms with Crippen LogP contribution in [-0.2, 0) is 12.8 Å². The van der Waals surface area contributed by atoms with Gasteiger partial charge in [0.15, 0.2) is 5.78 Å². The van der Waals surface area contributed by atoms with Crippen LogP contribution in [0.2, 0.25) is 5.02 Å². The Kier molecular flexibility index (Phi) is 4.83. The van der Waals surface area contributed by atoms with E-state index >= 15 is 0 Å². The molecule has 0 aliphatic heterocycles. The highest BCUT2D eigenvalue weighted by Gasteiger charge is 2.22. The first-order valence-corrected chi connectivity index (χ1v) is 9.78. The van der Waals surface area contributed by atoms with Crippen molar-refractivity contribution >= 4 is 29.1 Å². The molecule has 2 aromatic carbocycles. The predicted octanol–water partition coefficient (Wildman–Crippen LogP) is 5.24. The minimum absolute atomic E-state index is 0.0796. The second-order valence-corrected chi connectivity index (χ2v) is 8.07. The molecule has 26 heavy (non-hydrogen) atoms. The molecule has 0 bridgehead atoms. The second kappa shape index (κ2) is 7.25. The van der Waals surface area contributed by atoms with E-state index in [0.29, 0.717) is 16.1 Å². The SMILES string of the molecule is C[C@@H](Sc1nnc(-c2ccc(Cl)cc2)o1)C(=O)c1ccc2c(c1)CCC2. The fourth-order valence-corrected chi connectivity index (χ4v) is 4.02. The van der Waals surface area contributed by atoms with Crippen LogP contribution in [0.3, 0.4) is 0 Å². The van der Waals surface area contributed by atoms with E-state index in [0.717, 1.165) is 24.0 Å². The Morgan fingerprint density at radius 2 is 1.88 bits per heavy atom. The van der Waals surface area contributed by atoms with Gasteiger partial charge in [0, 0.05) is 16.1 Å². The zero-order valence-electron chi connectivity index (χ0n) is 14.2. The zero-order valence-corrected chi connectivity index (χ0v) is 15.8. The third-order valence-corrected chi connectivity index (χ3v) is 5.71. The van der Waals surface area contributed by atoms with Crippen LogP contribution in [0, 0.1) is 0 Å². The molecule has 0 N–H and O–H groups in total. The maximum atomic E-state index is 12.7. The number of aryl methyl sites for hydroxylation is 2. The molecule has 0 fully saturated rings. The minimum Gasteiger partial charge on any atom is -0.411 e. The Labute approximate surface area is 161 Å². The molecule has 0 amide bonds. The summed E-state index contributed by atoms with van der Waals surface area (Å²) >= 11 is 7.18. The van der Waals surface area contributed by atoms with Crippen molar-refractivity contribution in [1.29, 1.82) is 0 Å². The zero-order chi connectivity index (χ0) is 18.1. The molecule has 0 saturated heterocycles. The van der Waals surface area contributed by atoms with Crippen molar-refractivity contribution in [3.05, 3.63) is 64.2 Å². The molecule has 0 saturated carbocycles. The molecule has 3 aromatic rings. The molecule has 1 atom stereocenters. The number of thioether (sulfide) groups is 1. The van der Waals surface area contributed by atoms with Crippen molar-refractivity contribution in [3.8, 4) is 11.5 Å². The Bertz CT molecular complexity index is 953. The summed E-state index contributed by atoms with van der Waals surface area (Å²) in [4.78, 5) is 12.7. The summed E-state index contributed by atoms with van der Waals surface area (Å²) in [6.07, 6.45) is 3.35. The minimum atomic E-state index is -0.298. The number of hydrogen-bond donors (Lipinski definition) is 0. The van der Waals surface area contributed by atoms with E-state index < -0.39 is 0 Å². The molecule has 4 rings (SSSR count). The van der Waals surface area contributed by atoms with E-state index in [1.807, 2.05) is 31.2 Å². The van der Waals surface area contributed by atoms with Gasteiger partial charge in [0.1, 0.15) is 0 Å². The Balaban J connectivity index is 1.47. The molecule has 1 aromatic heterocycles. The van der Waals surface area contributed by atoms with Crippen molar-refractivity contribution in [2.75, 3.05) is 0 Å². The fraction of sp³-hybridized carbons (Fsp3) is 0.250. The Morgan fingerprint density at radius 3 is 2.69 bits per heavy atom. The summed E-state index contributed by atoms with van der Waals surface area (Å²) in [7, 11) is 0. The number of carbonyl (C=O) groups is 1. The molecule has 1 aliphatic rings. The molecule has 0 radical (unpaired) electrons. The number of rotatable bonds is 5. The van der Waals surface area contributed by atoms with Crippen LogP contribution in [0.1, 0.15) is 34.8 Å². The summed E-state index contributed by atoms with van der Waals surface area (Å²) in [5.41, 5.74) is 4.22.